The number of carbonyl (C=O) groups is 1. The lowest BCUT2D eigenvalue weighted by Crippen LogP contribution is -2.23. The first-order valence-electron chi connectivity index (χ1n) is 10.1. The maximum Gasteiger partial charge on any atom is 0.220 e. The van der Waals surface area contributed by atoms with Crippen molar-refractivity contribution in [2.45, 2.75) is 33.2 Å². The Morgan fingerprint density at radius 3 is 2.80 bits per heavy atom. The summed E-state index contributed by atoms with van der Waals surface area (Å²) in [4.78, 5) is 19.9. The van der Waals surface area contributed by atoms with E-state index in [1.807, 2.05) is 62.5 Å². The number of aromatic nitrogens is 2. The van der Waals surface area contributed by atoms with E-state index in [-0.39, 0.29) is 5.91 Å². The molecule has 0 unspecified atom stereocenters. The van der Waals surface area contributed by atoms with Crippen LogP contribution in [0.4, 0.5) is 0 Å². The molecule has 4 rings (SSSR count). The molecular formula is C25H25N3O2. The Morgan fingerprint density at radius 2 is 1.97 bits per heavy atom. The molecule has 152 valence electrons. The van der Waals surface area contributed by atoms with Gasteiger partial charge in [-0.1, -0.05) is 36.4 Å². The number of pyridine rings is 1. The molecule has 0 atom stereocenters. The highest BCUT2D eigenvalue weighted by Crippen LogP contribution is 2.24. The van der Waals surface area contributed by atoms with E-state index < -0.39 is 0 Å². The molecule has 2 heterocycles. The van der Waals surface area contributed by atoms with Gasteiger partial charge in [-0.15, -0.1) is 0 Å². The number of aromatic amines is 1. The van der Waals surface area contributed by atoms with E-state index >= 15 is 0 Å². The van der Waals surface area contributed by atoms with Gasteiger partial charge >= 0.3 is 0 Å². The number of rotatable bonds is 7. The third-order valence-corrected chi connectivity index (χ3v) is 5.14. The fourth-order valence-corrected chi connectivity index (χ4v) is 3.38. The average Bonchev–Trinajstić information content (AvgIpc) is 3.17. The van der Waals surface area contributed by atoms with Crippen molar-refractivity contribution in [3.63, 3.8) is 0 Å². The van der Waals surface area contributed by atoms with E-state index in [9.17, 15) is 4.79 Å². The maximum absolute atomic E-state index is 12.3. The third kappa shape index (κ3) is 4.69. The van der Waals surface area contributed by atoms with Crippen LogP contribution in [-0.4, -0.2) is 15.9 Å². The fraction of sp³-hybridized carbons (Fsp3) is 0.200. The van der Waals surface area contributed by atoms with E-state index in [1.165, 1.54) is 5.39 Å². The Labute approximate surface area is 176 Å². The Balaban J connectivity index is 1.28. The number of H-pyrrole nitrogens is 1. The number of hydrogen-bond donors (Lipinski definition) is 2. The Kier molecular flexibility index (Phi) is 5.80. The molecule has 0 spiro atoms. The van der Waals surface area contributed by atoms with Gasteiger partial charge in [-0.25, -0.2) is 4.98 Å². The van der Waals surface area contributed by atoms with Gasteiger partial charge in [0.1, 0.15) is 5.75 Å². The van der Waals surface area contributed by atoms with Gasteiger partial charge in [-0.05, 0) is 54.7 Å². The van der Waals surface area contributed by atoms with Crippen molar-refractivity contribution in [1.29, 1.82) is 0 Å². The van der Waals surface area contributed by atoms with Crippen LogP contribution >= 0.6 is 0 Å². The smallest absolute Gasteiger partial charge is 0.220 e. The van der Waals surface area contributed by atoms with Crippen LogP contribution in [0.1, 0.15) is 28.7 Å². The van der Waals surface area contributed by atoms with Crippen LogP contribution in [0.25, 0.3) is 10.9 Å². The molecule has 0 fully saturated rings. The lowest BCUT2D eigenvalue weighted by molar-refractivity contribution is -0.121. The molecule has 0 bridgehead atoms. The highest BCUT2D eigenvalue weighted by Gasteiger charge is 2.08. The molecule has 0 saturated carbocycles. The molecule has 0 aliphatic rings. The van der Waals surface area contributed by atoms with Crippen LogP contribution in [0.5, 0.6) is 11.6 Å². The van der Waals surface area contributed by atoms with Crippen molar-refractivity contribution >= 4 is 16.8 Å². The molecule has 0 saturated heterocycles. The Hall–Kier alpha value is -3.60. The number of nitrogens with one attached hydrogen (secondary N) is 2. The number of hydrogen-bond acceptors (Lipinski definition) is 3. The number of fused-ring (bicyclic) bond motifs is 1. The summed E-state index contributed by atoms with van der Waals surface area (Å²) in [6.07, 6.45) is 4.87. The normalized spacial score (nSPS) is 10.9. The number of amides is 1. The van der Waals surface area contributed by atoms with E-state index in [2.05, 4.69) is 27.4 Å². The van der Waals surface area contributed by atoms with Gasteiger partial charge in [0, 0.05) is 42.3 Å². The summed E-state index contributed by atoms with van der Waals surface area (Å²) in [7, 11) is 0. The zero-order valence-electron chi connectivity index (χ0n) is 17.2. The van der Waals surface area contributed by atoms with Gasteiger partial charge in [-0.2, -0.15) is 0 Å². The minimum Gasteiger partial charge on any atom is -0.439 e. The molecule has 4 aromatic rings. The zero-order valence-corrected chi connectivity index (χ0v) is 17.2. The molecule has 0 aliphatic carbocycles. The van der Waals surface area contributed by atoms with Crippen LogP contribution in [0.2, 0.25) is 0 Å². The topological polar surface area (TPSA) is 67.0 Å². The Morgan fingerprint density at radius 1 is 1.10 bits per heavy atom. The monoisotopic (exact) mass is 399 g/mol. The second-order valence-corrected chi connectivity index (χ2v) is 7.51. The van der Waals surface area contributed by atoms with Gasteiger partial charge in [0.05, 0.1) is 0 Å². The predicted molar refractivity (Wildman–Crippen MR) is 119 cm³/mol. The van der Waals surface area contributed by atoms with Gasteiger partial charge in [0.2, 0.25) is 11.8 Å². The lowest BCUT2D eigenvalue weighted by Gasteiger charge is -2.09. The zero-order chi connectivity index (χ0) is 20.9. The molecule has 0 radical (unpaired) electrons. The third-order valence-electron chi connectivity index (χ3n) is 5.14. The molecule has 2 N–H and O–H groups in total. The van der Waals surface area contributed by atoms with Crippen LogP contribution < -0.4 is 10.1 Å². The summed E-state index contributed by atoms with van der Waals surface area (Å²) in [5.74, 6) is 1.37. The minimum atomic E-state index is 0.0241. The first-order chi connectivity index (χ1) is 14.6. The van der Waals surface area contributed by atoms with E-state index in [0.29, 0.717) is 25.3 Å². The highest BCUT2D eigenvalue weighted by atomic mass is 16.5. The van der Waals surface area contributed by atoms with Crippen molar-refractivity contribution in [2.75, 3.05) is 0 Å². The second kappa shape index (κ2) is 8.82. The Bertz CT molecular complexity index is 1160. The number of ether oxygens (including phenoxy) is 1. The van der Waals surface area contributed by atoms with Crippen molar-refractivity contribution in [3.05, 3.63) is 89.2 Å². The van der Waals surface area contributed by atoms with Crippen molar-refractivity contribution in [3.8, 4) is 11.6 Å². The van der Waals surface area contributed by atoms with Gasteiger partial charge in [0.15, 0.2) is 0 Å². The van der Waals surface area contributed by atoms with Crippen LogP contribution in [0, 0.1) is 13.8 Å². The first kappa shape index (κ1) is 19.7. The lowest BCUT2D eigenvalue weighted by atomic mass is 10.1. The summed E-state index contributed by atoms with van der Waals surface area (Å²) in [5.41, 5.74) is 5.40. The van der Waals surface area contributed by atoms with E-state index in [1.54, 1.807) is 6.20 Å². The van der Waals surface area contributed by atoms with Crippen molar-refractivity contribution < 1.29 is 9.53 Å². The second-order valence-electron chi connectivity index (χ2n) is 7.51. The number of carbonyl (C=O) groups excluding carboxylic acids is 1. The fourth-order valence-electron chi connectivity index (χ4n) is 3.38. The number of benzene rings is 2. The molecular weight excluding hydrogens is 374 g/mol. The van der Waals surface area contributed by atoms with Crippen LogP contribution in [0.15, 0.2) is 67.0 Å². The SMILES string of the molecule is Cc1ccc(C)c(Oc2ccc(CNC(=O)CCc3c[nH]c4ccccc34)cn2)c1. The molecule has 1 amide bonds. The molecule has 5 nitrogen and oxygen atoms in total. The summed E-state index contributed by atoms with van der Waals surface area (Å²) >= 11 is 0. The average molecular weight is 399 g/mol. The highest BCUT2D eigenvalue weighted by molar-refractivity contribution is 5.84. The number of para-hydroxylation sites is 1. The quantitative estimate of drug-likeness (QED) is 0.448. The maximum atomic E-state index is 12.3. The van der Waals surface area contributed by atoms with Crippen LogP contribution in [0.3, 0.4) is 0 Å². The molecule has 2 aromatic heterocycles. The summed E-state index contributed by atoms with van der Waals surface area (Å²) in [6.45, 7) is 4.49. The standard InChI is InChI=1S/C25H25N3O2/c1-17-7-8-18(2)23(13-17)30-25-12-9-19(15-28-25)14-27-24(29)11-10-20-16-26-22-6-4-3-5-21(20)22/h3-9,12-13,15-16,26H,10-11,14H2,1-2H3,(H,27,29). The summed E-state index contributed by atoms with van der Waals surface area (Å²) in [6, 6.07) is 18.0. The molecule has 30 heavy (non-hydrogen) atoms. The van der Waals surface area contributed by atoms with Gasteiger partial charge in [0.25, 0.3) is 0 Å². The largest absolute Gasteiger partial charge is 0.439 e. The predicted octanol–water partition coefficient (Wildman–Crippen LogP) is 5.22. The number of nitrogens with zero attached hydrogens (tertiary/aromatic N) is 1. The molecule has 5 heteroatoms. The van der Waals surface area contributed by atoms with Gasteiger partial charge < -0.3 is 15.0 Å². The molecule has 2 aromatic carbocycles. The van der Waals surface area contributed by atoms with Crippen LogP contribution in [-0.2, 0) is 17.8 Å². The first-order valence-corrected chi connectivity index (χ1v) is 10.1. The minimum absolute atomic E-state index is 0.0241. The van der Waals surface area contributed by atoms with E-state index in [4.69, 9.17) is 4.74 Å². The van der Waals surface area contributed by atoms with Crippen molar-refractivity contribution in [2.24, 2.45) is 0 Å². The molecule has 0 aliphatic heterocycles. The summed E-state index contributed by atoms with van der Waals surface area (Å²) < 4.78 is 5.88. The van der Waals surface area contributed by atoms with Crippen molar-refractivity contribution in [1.82, 2.24) is 15.3 Å². The van der Waals surface area contributed by atoms with Gasteiger partial charge in [-0.3, -0.25) is 4.79 Å². The van der Waals surface area contributed by atoms with E-state index in [0.717, 1.165) is 33.5 Å². The number of aryl methyl sites for hydroxylation is 3. The summed E-state index contributed by atoms with van der Waals surface area (Å²) in [5, 5.41) is 4.14.